The first-order valence-corrected chi connectivity index (χ1v) is 9.46. The van der Waals surface area contributed by atoms with Gasteiger partial charge in [-0.25, -0.2) is 0 Å². The normalized spacial score (nSPS) is 16.1. The molecule has 0 bridgehead atoms. The van der Waals surface area contributed by atoms with Crippen molar-refractivity contribution in [1.29, 1.82) is 0 Å². The molecule has 0 aromatic heterocycles. The molecule has 0 saturated carbocycles. The molecule has 1 atom stereocenters. The summed E-state index contributed by atoms with van der Waals surface area (Å²) in [5.41, 5.74) is 1.89. The Bertz CT molecular complexity index is 755. The lowest BCUT2D eigenvalue weighted by molar-refractivity contribution is -0.132. The molecular formula is C22H28N2O3. The third kappa shape index (κ3) is 4.80. The molecule has 1 unspecified atom stereocenters. The predicted octanol–water partition coefficient (Wildman–Crippen LogP) is 3.09. The SMILES string of the molecule is COc1ccc(O)c(C(CCC(=O)N2CCN(C)CC2)c2ccccc2)c1. The topological polar surface area (TPSA) is 53.0 Å². The van der Waals surface area contributed by atoms with Crippen LogP contribution in [-0.2, 0) is 4.79 Å². The van der Waals surface area contributed by atoms with Crippen molar-refractivity contribution in [3.05, 3.63) is 59.7 Å². The minimum atomic E-state index is -0.0577. The van der Waals surface area contributed by atoms with Gasteiger partial charge in [-0.05, 0) is 37.2 Å². The van der Waals surface area contributed by atoms with Crippen LogP contribution in [0.5, 0.6) is 11.5 Å². The molecule has 2 aromatic carbocycles. The summed E-state index contributed by atoms with van der Waals surface area (Å²) < 4.78 is 5.34. The maximum atomic E-state index is 12.7. The number of nitrogens with zero attached hydrogens (tertiary/aromatic N) is 2. The summed E-state index contributed by atoms with van der Waals surface area (Å²) >= 11 is 0. The Morgan fingerprint density at radius 2 is 1.81 bits per heavy atom. The summed E-state index contributed by atoms with van der Waals surface area (Å²) in [5.74, 6) is 1.06. The number of hydrogen-bond donors (Lipinski definition) is 1. The lowest BCUT2D eigenvalue weighted by Crippen LogP contribution is -2.47. The molecule has 1 heterocycles. The number of ether oxygens (including phenoxy) is 1. The molecule has 5 heteroatoms. The highest BCUT2D eigenvalue weighted by molar-refractivity contribution is 5.76. The van der Waals surface area contributed by atoms with Crippen LogP contribution in [0.1, 0.15) is 29.9 Å². The average Bonchev–Trinajstić information content (AvgIpc) is 2.70. The van der Waals surface area contributed by atoms with E-state index in [1.807, 2.05) is 41.3 Å². The summed E-state index contributed by atoms with van der Waals surface area (Å²) in [4.78, 5) is 16.9. The highest BCUT2D eigenvalue weighted by atomic mass is 16.5. The van der Waals surface area contributed by atoms with Gasteiger partial charge < -0.3 is 19.6 Å². The van der Waals surface area contributed by atoms with Gasteiger partial charge in [0.25, 0.3) is 0 Å². The summed E-state index contributed by atoms with van der Waals surface area (Å²) in [6, 6.07) is 15.3. The van der Waals surface area contributed by atoms with Crippen molar-refractivity contribution in [2.45, 2.75) is 18.8 Å². The number of carbonyl (C=O) groups excluding carboxylic acids is 1. The van der Waals surface area contributed by atoms with Crippen LogP contribution in [0.3, 0.4) is 0 Å². The molecule has 1 fully saturated rings. The Hall–Kier alpha value is -2.53. The summed E-state index contributed by atoms with van der Waals surface area (Å²) in [5, 5.41) is 10.4. The van der Waals surface area contributed by atoms with E-state index in [0.717, 1.165) is 37.3 Å². The smallest absolute Gasteiger partial charge is 0.222 e. The first-order chi connectivity index (χ1) is 13.1. The molecule has 0 radical (unpaired) electrons. The van der Waals surface area contributed by atoms with Gasteiger partial charge in [-0.15, -0.1) is 0 Å². The van der Waals surface area contributed by atoms with Gasteiger partial charge in [0.15, 0.2) is 0 Å². The highest BCUT2D eigenvalue weighted by Gasteiger charge is 2.23. The van der Waals surface area contributed by atoms with Crippen LogP contribution in [0.4, 0.5) is 0 Å². The Morgan fingerprint density at radius 3 is 2.48 bits per heavy atom. The Kier molecular flexibility index (Phi) is 6.35. The van der Waals surface area contributed by atoms with Crippen molar-refractivity contribution in [2.75, 3.05) is 40.3 Å². The van der Waals surface area contributed by atoms with Crippen molar-refractivity contribution in [1.82, 2.24) is 9.80 Å². The summed E-state index contributed by atoms with van der Waals surface area (Å²) in [6.07, 6.45) is 1.11. The quantitative estimate of drug-likeness (QED) is 0.851. The minimum absolute atomic E-state index is 0.0577. The van der Waals surface area contributed by atoms with E-state index in [2.05, 4.69) is 11.9 Å². The van der Waals surface area contributed by atoms with Crippen molar-refractivity contribution < 1.29 is 14.6 Å². The first-order valence-electron chi connectivity index (χ1n) is 9.46. The number of methoxy groups -OCH3 is 1. The zero-order valence-corrected chi connectivity index (χ0v) is 16.1. The first kappa shape index (κ1) is 19.2. The standard InChI is InChI=1S/C22H28N2O3/c1-23-12-14-24(15-13-23)22(26)11-9-19(17-6-4-3-5-7-17)20-16-18(27-2)8-10-21(20)25/h3-8,10,16,19,25H,9,11-15H2,1-2H3. The molecule has 1 saturated heterocycles. The molecule has 1 amide bonds. The van der Waals surface area contributed by atoms with E-state index < -0.39 is 0 Å². The van der Waals surface area contributed by atoms with E-state index in [1.165, 1.54) is 0 Å². The number of rotatable bonds is 6. The summed E-state index contributed by atoms with van der Waals surface area (Å²) in [6.45, 7) is 3.42. The molecule has 27 heavy (non-hydrogen) atoms. The van der Waals surface area contributed by atoms with E-state index in [-0.39, 0.29) is 17.6 Å². The van der Waals surface area contributed by atoms with Gasteiger partial charge in [-0.2, -0.15) is 0 Å². The fraction of sp³-hybridized carbons (Fsp3) is 0.409. The number of piperazine rings is 1. The lowest BCUT2D eigenvalue weighted by atomic mass is 9.86. The van der Waals surface area contributed by atoms with Crippen molar-refractivity contribution in [2.24, 2.45) is 0 Å². The second-order valence-electron chi connectivity index (χ2n) is 7.11. The molecule has 5 nitrogen and oxygen atoms in total. The maximum absolute atomic E-state index is 12.7. The number of carbonyl (C=O) groups is 1. The third-order valence-electron chi connectivity index (χ3n) is 5.31. The number of benzene rings is 2. The van der Waals surface area contributed by atoms with Gasteiger partial charge in [0.1, 0.15) is 11.5 Å². The largest absolute Gasteiger partial charge is 0.508 e. The molecule has 1 N–H and O–H groups in total. The number of amides is 1. The number of hydrogen-bond acceptors (Lipinski definition) is 4. The van der Waals surface area contributed by atoms with E-state index in [1.54, 1.807) is 19.2 Å². The van der Waals surface area contributed by atoms with Crippen molar-refractivity contribution in [3.8, 4) is 11.5 Å². The van der Waals surface area contributed by atoms with E-state index in [9.17, 15) is 9.90 Å². The van der Waals surface area contributed by atoms with Crippen LogP contribution in [0, 0.1) is 0 Å². The molecule has 2 aromatic rings. The van der Waals surface area contributed by atoms with Gasteiger partial charge in [0.2, 0.25) is 5.91 Å². The fourth-order valence-corrected chi connectivity index (χ4v) is 3.61. The Labute approximate surface area is 161 Å². The van der Waals surface area contributed by atoms with Crippen LogP contribution in [0.15, 0.2) is 48.5 Å². The van der Waals surface area contributed by atoms with Crippen molar-refractivity contribution in [3.63, 3.8) is 0 Å². The molecule has 144 valence electrons. The average molecular weight is 368 g/mol. The van der Waals surface area contributed by atoms with E-state index in [4.69, 9.17) is 4.74 Å². The number of phenolic OH excluding ortho intramolecular Hbond substituents is 1. The summed E-state index contributed by atoms with van der Waals surface area (Å²) in [7, 11) is 3.70. The van der Waals surface area contributed by atoms with Crippen LogP contribution in [0.25, 0.3) is 0 Å². The van der Waals surface area contributed by atoms with Crippen LogP contribution in [0.2, 0.25) is 0 Å². The van der Waals surface area contributed by atoms with Crippen LogP contribution >= 0.6 is 0 Å². The zero-order valence-electron chi connectivity index (χ0n) is 16.1. The molecular weight excluding hydrogens is 340 g/mol. The molecule has 3 rings (SSSR count). The van der Waals surface area contributed by atoms with E-state index >= 15 is 0 Å². The fourth-order valence-electron chi connectivity index (χ4n) is 3.61. The molecule has 1 aliphatic rings. The maximum Gasteiger partial charge on any atom is 0.222 e. The monoisotopic (exact) mass is 368 g/mol. The second-order valence-corrected chi connectivity index (χ2v) is 7.11. The molecule has 1 aliphatic heterocycles. The second kappa shape index (κ2) is 8.91. The molecule has 0 spiro atoms. The van der Waals surface area contributed by atoms with Gasteiger partial charge in [-0.3, -0.25) is 4.79 Å². The number of aromatic hydroxyl groups is 1. The Morgan fingerprint density at radius 1 is 1.11 bits per heavy atom. The minimum Gasteiger partial charge on any atom is -0.508 e. The highest BCUT2D eigenvalue weighted by Crippen LogP contribution is 2.37. The van der Waals surface area contributed by atoms with Gasteiger partial charge in [0, 0.05) is 44.1 Å². The predicted molar refractivity (Wildman–Crippen MR) is 106 cm³/mol. The van der Waals surface area contributed by atoms with E-state index in [0.29, 0.717) is 18.6 Å². The number of phenols is 1. The van der Waals surface area contributed by atoms with Gasteiger partial charge >= 0.3 is 0 Å². The third-order valence-corrected chi connectivity index (χ3v) is 5.31. The van der Waals surface area contributed by atoms with Crippen molar-refractivity contribution >= 4 is 5.91 Å². The molecule has 0 aliphatic carbocycles. The van der Waals surface area contributed by atoms with Crippen LogP contribution < -0.4 is 4.74 Å². The van der Waals surface area contributed by atoms with Gasteiger partial charge in [-0.1, -0.05) is 30.3 Å². The lowest BCUT2D eigenvalue weighted by Gasteiger charge is -2.32. The van der Waals surface area contributed by atoms with Gasteiger partial charge in [0.05, 0.1) is 7.11 Å². The Balaban J connectivity index is 1.78. The number of likely N-dealkylation sites (N-methyl/N-ethyl adjacent to an activating group) is 1. The van der Waals surface area contributed by atoms with Crippen LogP contribution in [-0.4, -0.2) is 61.2 Å². The zero-order chi connectivity index (χ0) is 19.2.